The molecule has 3 heterocycles. The molecule has 7 nitrogen and oxygen atoms in total. The van der Waals surface area contributed by atoms with Crippen molar-refractivity contribution in [2.24, 2.45) is 11.8 Å². The molecule has 7 heteroatoms. The average molecular weight is 317 g/mol. The van der Waals surface area contributed by atoms with Crippen molar-refractivity contribution in [3.05, 3.63) is 30.4 Å². The van der Waals surface area contributed by atoms with Crippen LogP contribution in [0.4, 0.5) is 5.69 Å². The van der Waals surface area contributed by atoms with Crippen molar-refractivity contribution in [1.29, 1.82) is 0 Å². The molecule has 1 amide bonds. The second-order valence-electron chi connectivity index (χ2n) is 5.69. The van der Waals surface area contributed by atoms with E-state index in [0.29, 0.717) is 30.4 Å². The van der Waals surface area contributed by atoms with E-state index in [1.807, 2.05) is 0 Å². The molecule has 0 saturated carbocycles. The van der Waals surface area contributed by atoms with E-state index in [2.05, 4.69) is 5.32 Å². The molecule has 2 N–H and O–H groups in total. The second-order valence-corrected chi connectivity index (χ2v) is 5.69. The van der Waals surface area contributed by atoms with Crippen molar-refractivity contribution < 1.29 is 28.9 Å². The predicted molar refractivity (Wildman–Crippen MR) is 78.5 cm³/mol. The number of carbonyl (C=O) groups excluding carboxylic acids is 1. The molecular formula is C16H15NO6. The Morgan fingerprint density at radius 3 is 2.48 bits per heavy atom. The van der Waals surface area contributed by atoms with Crippen LogP contribution in [0.5, 0.6) is 11.5 Å². The number of fused-ring (bicyclic) bond motifs is 3. The summed E-state index contributed by atoms with van der Waals surface area (Å²) in [4.78, 5) is 23.9. The van der Waals surface area contributed by atoms with E-state index in [0.717, 1.165) is 0 Å². The molecule has 3 aliphatic rings. The van der Waals surface area contributed by atoms with Crippen LogP contribution in [-0.4, -0.2) is 42.4 Å². The van der Waals surface area contributed by atoms with Gasteiger partial charge < -0.3 is 24.6 Å². The number of hydrogen-bond acceptors (Lipinski definition) is 5. The number of carboxylic acids is 1. The first-order valence-corrected chi connectivity index (χ1v) is 7.40. The molecule has 1 aromatic rings. The van der Waals surface area contributed by atoms with Crippen molar-refractivity contribution in [3.8, 4) is 11.5 Å². The molecule has 4 atom stereocenters. The molecule has 0 unspecified atom stereocenters. The highest BCUT2D eigenvalue weighted by Crippen LogP contribution is 2.40. The summed E-state index contributed by atoms with van der Waals surface area (Å²) < 4.78 is 16.4. The van der Waals surface area contributed by atoms with Crippen LogP contribution >= 0.6 is 0 Å². The number of anilines is 1. The van der Waals surface area contributed by atoms with Gasteiger partial charge in [-0.25, -0.2) is 0 Å². The number of amides is 1. The van der Waals surface area contributed by atoms with E-state index < -0.39 is 30.0 Å². The van der Waals surface area contributed by atoms with Crippen LogP contribution in [0.3, 0.4) is 0 Å². The number of benzene rings is 1. The van der Waals surface area contributed by atoms with Gasteiger partial charge in [0.25, 0.3) is 0 Å². The van der Waals surface area contributed by atoms with Gasteiger partial charge in [-0.15, -0.1) is 0 Å². The molecule has 0 aromatic heterocycles. The van der Waals surface area contributed by atoms with Gasteiger partial charge in [0, 0.05) is 11.8 Å². The van der Waals surface area contributed by atoms with Gasteiger partial charge in [-0.3, -0.25) is 9.59 Å². The Morgan fingerprint density at radius 1 is 1.04 bits per heavy atom. The molecule has 23 heavy (non-hydrogen) atoms. The molecule has 0 radical (unpaired) electrons. The van der Waals surface area contributed by atoms with Crippen molar-refractivity contribution in [1.82, 2.24) is 0 Å². The number of ether oxygens (including phenoxy) is 3. The van der Waals surface area contributed by atoms with Crippen LogP contribution in [0.15, 0.2) is 30.4 Å². The minimum absolute atomic E-state index is 0.370. The number of carboxylic acid groups (broad SMARTS) is 1. The van der Waals surface area contributed by atoms with E-state index in [9.17, 15) is 14.7 Å². The average Bonchev–Trinajstić information content (AvgIpc) is 3.15. The van der Waals surface area contributed by atoms with Crippen LogP contribution in [0.1, 0.15) is 0 Å². The smallest absolute Gasteiger partial charge is 0.310 e. The van der Waals surface area contributed by atoms with Gasteiger partial charge in [-0.05, 0) is 12.1 Å². The predicted octanol–water partition coefficient (Wildman–Crippen LogP) is 1.05. The largest absolute Gasteiger partial charge is 0.486 e. The number of hydrogen-bond donors (Lipinski definition) is 2. The van der Waals surface area contributed by atoms with Crippen molar-refractivity contribution >= 4 is 17.6 Å². The van der Waals surface area contributed by atoms with Gasteiger partial charge >= 0.3 is 5.97 Å². The summed E-state index contributed by atoms with van der Waals surface area (Å²) in [5.41, 5.74) is 0.537. The minimum Gasteiger partial charge on any atom is -0.486 e. The lowest BCUT2D eigenvalue weighted by molar-refractivity contribution is -0.145. The lowest BCUT2D eigenvalue weighted by atomic mass is 9.82. The SMILES string of the molecule is O=C(Nc1ccc2c(c1)OCCO2)[C@@H]1[C@H](C(=O)O)[C@@H]2C=C[C@H]1O2. The summed E-state index contributed by atoms with van der Waals surface area (Å²) in [5.74, 6) is -1.80. The third-order valence-electron chi connectivity index (χ3n) is 4.30. The lowest BCUT2D eigenvalue weighted by Crippen LogP contribution is -2.39. The fourth-order valence-electron chi connectivity index (χ4n) is 3.26. The van der Waals surface area contributed by atoms with Crippen LogP contribution in [0.25, 0.3) is 0 Å². The Labute approximate surface area is 131 Å². The van der Waals surface area contributed by atoms with Gasteiger partial charge in [0.05, 0.1) is 18.1 Å². The lowest BCUT2D eigenvalue weighted by Gasteiger charge is -2.22. The second kappa shape index (κ2) is 5.27. The topological polar surface area (TPSA) is 94.1 Å². The fraction of sp³-hybridized carbons (Fsp3) is 0.375. The number of rotatable bonds is 3. The maximum absolute atomic E-state index is 12.5. The molecule has 1 saturated heterocycles. The maximum atomic E-state index is 12.5. The first kappa shape index (κ1) is 14.1. The standard InChI is InChI=1S/C16H15NO6/c18-15(13-10-3-4-11(23-10)14(13)16(19)20)17-8-1-2-9-12(7-8)22-6-5-21-9/h1-4,7,10-11,13-14H,5-6H2,(H,17,18)(H,19,20)/t10-,11+,13+,14-/m1/s1. The minimum atomic E-state index is -1.02. The molecule has 2 bridgehead atoms. The Kier molecular flexibility index (Phi) is 3.23. The Hall–Kier alpha value is -2.54. The summed E-state index contributed by atoms with van der Waals surface area (Å²) in [6.45, 7) is 0.949. The monoisotopic (exact) mass is 317 g/mol. The highest BCUT2D eigenvalue weighted by atomic mass is 16.6. The molecule has 120 valence electrons. The maximum Gasteiger partial charge on any atom is 0.310 e. The number of aliphatic carboxylic acids is 1. The summed E-state index contributed by atoms with van der Waals surface area (Å²) in [6.07, 6.45) is 2.43. The van der Waals surface area contributed by atoms with E-state index in [4.69, 9.17) is 14.2 Å². The van der Waals surface area contributed by atoms with Crippen molar-refractivity contribution in [3.63, 3.8) is 0 Å². The first-order valence-electron chi connectivity index (χ1n) is 7.40. The van der Waals surface area contributed by atoms with E-state index >= 15 is 0 Å². The third kappa shape index (κ3) is 2.33. The first-order chi connectivity index (χ1) is 11.1. The molecular weight excluding hydrogens is 302 g/mol. The summed E-state index contributed by atoms with van der Waals surface area (Å²) in [7, 11) is 0. The van der Waals surface area contributed by atoms with Gasteiger partial charge in [0.2, 0.25) is 5.91 Å². The number of carbonyl (C=O) groups is 2. The molecule has 1 fully saturated rings. The third-order valence-corrected chi connectivity index (χ3v) is 4.30. The van der Waals surface area contributed by atoms with E-state index in [-0.39, 0.29) is 5.91 Å². The van der Waals surface area contributed by atoms with Gasteiger partial charge in [0.15, 0.2) is 11.5 Å². The molecule has 4 rings (SSSR count). The van der Waals surface area contributed by atoms with E-state index in [1.165, 1.54) is 0 Å². The highest BCUT2D eigenvalue weighted by Gasteiger charge is 2.53. The highest BCUT2D eigenvalue weighted by molar-refractivity contribution is 5.96. The summed E-state index contributed by atoms with van der Waals surface area (Å²) >= 11 is 0. The van der Waals surface area contributed by atoms with E-state index in [1.54, 1.807) is 30.4 Å². The van der Waals surface area contributed by atoms with Crippen LogP contribution in [0.2, 0.25) is 0 Å². The van der Waals surface area contributed by atoms with Gasteiger partial charge in [-0.1, -0.05) is 12.2 Å². The number of nitrogens with one attached hydrogen (secondary N) is 1. The van der Waals surface area contributed by atoms with Crippen LogP contribution in [0, 0.1) is 11.8 Å². The summed E-state index contributed by atoms with van der Waals surface area (Å²) in [5, 5.41) is 12.1. The molecule has 1 aromatic carbocycles. The van der Waals surface area contributed by atoms with Crippen LogP contribution in [-0.2, 0) is 14.3 Å². The molecule has 3 aliphatic heterocycles. The molecule has 0 spiro atoms. The van der Waals surface area contributed by atoms with Gasteiger partial charge in [0.1, 0.15) is 19.1 Å². The van der Waals surface area contributed by atoms with Gasteiger partial charge in [-0.2, -0.15) is 0 Å². The normalized spacial score (nSPS) is 30.3. The summed E-state index contributed by atoms with van der Waals surface area (Å²) in [6, 6.07) is 5.09. The fourth-order valence-corrected chi connectivity index (χ4v) is 3.26. The van der Waals surface area contributed by atoms with Crippen molar-refractivity contribution in [2.45, 2.75) is 12.2 Å². The Morgan fingerprint density at radius 2 is 1.74 bits per heavy atom. The zero-order valence-corrected chi connectivity index (χ0v) is 12.1. The Balaban J connectivity index is 1.54. The zero-order chi connectivity index (χ0) is 16.0. The van der Waals surface area contributed by atoms with Crippen LogP contribution < -0.4 is 14.8 Å². The zero-order valence-electron chi connectivity index (χ0n) is 12.1. The Bertz CT molecular complexity index is 700. The molecule has 0 aliphatic carbocycles. The van der Waals surface area contributed by atoms with Crippen molar-refractivity contribution in [2.75, 3.05) is 18.5 Å². The quantitative estimate of drug-likeness (QED) is 0.809.